The molecule has 0 fully saturated rings. The Hall–Kier alpha value is -2.76. The number of likely N-dealkylation sites (N-methyl/N-ethyl adjacent to an activating group) is 1. The largest absolute Gasteiger partial charge is 0.484 e. The number of carbonyl (C=O) groups is 2. The Morgan fingerprint density at radius 3 is 2.85 bits per heavy atom. The number of nitrogens with one attached hydrogen (secondary N) is 2. The maximum Gasteiger partial charge on any atom is 0.258 e. The van der Waals surface area contributed by atoms with Gasteiger partial charge in [-0.3, -0.25) is 9.59 Å². The molecule has 0 spiro atoms. The van der Waals surface area contributed by atoms with Gasteiger partial charge in [-0.05, 0) is 18.2 Å². The number of benzene rings is 1. The van der Waals surface area contributed by atoms with Crippen LogP contribution < -0.4 is 15.4 Å². The molecule has 6 heteroatoms. The van der Waals surface area contributed by atoms with Crippen LogP contribution in [0.25, 0.3) is 0 Å². The Balaban J connectivity index is 1.99. The molecule has 20 heavy (non-hydrogen) atoms. The minimum Gasteiger partial charge on any atom is -0.484 e. The van der Waals surface area contributed by atoms with Crippen LogP contribution >= 0.6 is 0 Å². The summed E-state index contributed by atoms with van der Waals surface area (Å²) in [4.78, 5) is 22.9. The molecule has 1 heterocycles. The van der Waals surface area contributed by atoms with Crippen molar-refractivity contribution in [2.45, 2.75) is 0 Å². The van der Waals surface area contributed by atoms with Gasteiger partial charge >= 0.3 is 0 Å². The standard InChI is InChI=1S/C14H14N2O4/c1-15-13(17)9-20-12-4-2-3-11(7-12)16-14(18)10-5-6-19-8-10/h2-8H,9H2,1H3,(H,15,17)(H,16,18). The molecule has 0 bridgehead atoms. The first kappa shape index (κ1) is 13.7. The number of ether oxygens (including phenoxy) is 1. The van der Waals surface area contributed by atoms with Crippen LogP contribution in [0.4, 0.5) is 5.69 Å². The minimum atomic E-state index is -0.276. The van der Waals surface area contributed by atoms with Crippen molar-refractivity contribution in [3.63, 3.8) is 0 Å². The van der Waals surface area contributed by atoms with Gasteiger partial charge in [-0.2, -0.15) is 0 Å². The summed E-state index contributed by atoms with van der Waals surface area (Å²) in [6.07, 6.45) is 2.79. The molecule has 2 rings (SSSR count). The van der Waals surface area contributed by atoms with E-state index in [1.165, 1.54) is 19.6 Å². The summed E-state index contributed by atoms with van der Waals surface area (Å²) >= 11 is 0. The zero-order valence-electron chi connectivity index (χ0n) is 10.9. The van der Waals surface area contributed by atoms with Gasteiger partial charge in [0.25, 0.3) is 11.8 Å². The highest BCUT2D eigenvalue weighted by Gasteiger charge is 2.08. The Morgan fingerprint density at radius 2 is 2.15 bits per heavy atom. The summed E-state index contributed by atoms with van der Waals surface area (Å²) in [5.41, 5.74) is 1.01. The van der Waals surface area contributed by atoms with Crippen molar-refractivity contribution in [1.82, 2.24) is 5.32 Å². The monoisotopic (exact) mass is 274 g/mol. The highest BCUT2D eigenvalue weighted by atomic mass is 16.5. The van der Waals surface area contributed by atoms with Gasteiger partial charge in [0.2, 0.25) is 0 Å². The van der Waals surface area contributed by atoms with Crippen LogP contribution in [0, 0.1) is 0 Å². The molecule has 0 radical (unpaired) electrons. The molecule has 1 aromatic heterocycles. The second-order valence-electron chi connectivity index (χ2n) is 3.96. The number of anilines is 1. The maximum absolute atomic E-state index is 11.8. The number of rotatable bonds is 5. The first-order valence-corrected chi connectivity index (χ1v) is 5.96. The second kappa shape index (κ2) is 6.42. The summed E-state index contributed by atoms with van der Waals surface area (Å²) in [6.45, 7) is -0.0738. The molecular weight excluding hydrogens is 260 g/mol. The Bertz CT molecular complexity index is 593. The molecule has 6 nitrogen and oxygen atoms in total. The van der Waals surface area contributed by atoms with E-state index in [1.807, 2.05) is 0 Å². The third kappa shape index (κ3) is 3.61. The third-order valence-electron chi connectivity index (χ3n) is 2.52. The van der Waals surface area contributed by atoms with Crippen LogP contribution in [-0.2, 0) is 4.79 Å². The zero-order chi connectivity index (χ0) is 14.4. The lowest BCUT2D eigenvalue weighted by atomic mass is 10.2. The van der Waals surface area contributed by atoms with E-state index in [9.17, 15) is 9.59 Å². The van der Waals surface area contributed by atoms with Crippen molar-refractivity contribution in [2.24, 2.45) is 0 Å². The van der Waals surface area contributed by atoms with E-state index in [4.69, 9.17) is 9.15 Å². The van der Waals surface area contributed by atoms with Crippen LogP contribution in [0.15, 0.2) is 47.3 Å². The summed E-state index contributed by atoms with van der Waals surface area (Å²) in [6, 6.07) is 8.37. The van der Waals surface area contributed by atoms with Crippen LogP contribution in [0.2, 0.25) is 0 Å². The third-order valence-corrected chi connectivity index (χ3v) is 2.52. The quantitative estimate of drug-likeness (QED) is 0.868. The Morgan fingerprint density at radius 1 is 1.30 bits per heavy atom. The first-order chi connectivity index (χ1) is 9.69. The van der Waals surface area contributed by atoms with Crippen LogP contribution in [-0.4, -0.2) is 25.5 Å². The molecule has 0 aliphatic carbocycles. The molecule has 1 aromatic carbocycles. The molecule has 2 amide bonds. The van der Waals surface area contributed by atoms with Crippen molar-refractivity contribution < 1.29 is 18.7 Å². The fourth-order valence-electron chi connectivity index (χ4n) is 1.48. The molecule has 104 valence electrons. The predicted octanol–water partition coefficient (Wildman–Crippen LogP) is 1.66. The van der Waals surface area contributed by atoms with Crippen LogP contribution in [0.5, 0.6) is 5.75 Å². The van der Waals surface area contributed by atoms with E-state index in [0.717, 1.165) is 0 Å². The van der Waals surface area contributed by atoms with E-state index in [0.29, 0.717) is 17.0 Å². The number of amides is 2. The highest BCUT2D eigenvalue weighted by molar-refractivity contribution is 6.04. The minimum absolute atomic E-state index is 0.0738. The predicted molar refractivity (Wildman–Crippen MR) is 72.7 cm³/mol. The van der Waals surface area contributed by atoms with E-state index in [2.05, 4.69) is 10.6 Å². The van der Waals surface area contributed by atoms with Gasteiger partial charge in [0, 0.05) is 18.8 Å². The van der Waals surface area contributed by atoms with E-state index in [-0.39, 0.29) is 18.4 Å². The lowest BCUT2D eigenvalue weighted by Crippen LogP contribution is -2.24. The maximum atomic E-state index is 11.8. The number of hydrogen-bond donors (Lipinski definition) is 2. The average Bonchev–Trinajstić information content (AvgIpc) is 2.99. The lowest BCUT2D eigenvalue weighted by molar-refractivity contribution is -0.122. The Kier molecular flexibility index (Phi) is 4.39. The molecule has 0 saturated carbocycles. The molecule has 0 unspecified atom stereocenters. The van der Waals surface area contributed by atoms with Crippen molar-refractivity contribution >= 4 is 17.5 Å². The van der Waals surface area contributed by atoms with Crippen LogP contribution in [0.1, 0.15) is 10.4 Å². The fourth-order valence-corrected chi connectivity index (χ4v) is 1.48. The number of hydrogen-bond acceptors (Lipinski definition) is 4. The number of furan rings is 1. The summed E-state index contributed by atoms with van der Waals surface area (Å²) in [5, 5.41) is 5.16. The molecule has 0 atom stereocenters. The van der Waals surface area contributed by atoms with E-state index < -0.39 is 0 Å². The van der Waals surface area contributed by atoms with Crippen molar-refractivity contribution in [3.8, 4) is 5.75 Å². The Labute approximate surface area is 115 Å². The molecule has 2 N–H and O–H groups in total. The zero-order valence-corrected chi connectivity index (χ0v) is 10.9. The topological polar surface area (TPSA) is 80.6 Å². The smallest absolute Gasteiger partial charge is 0.258 e. The van der Waals surface area contributed by atoms with Gasteiger partial charge < -0.3 is 19.8 Å². The van der Waals surface area contributed by atoms with Crippen molar-refractivity contribution in [1.29, 1.82) is 0 Å². The average molecular weight is 274 g/mol. The van der Waals surface area contributed by atoms with Crippen molar-refractivity contribution in [3.05, 3.63) is 48.4 Å². The molecule has 0 saturated heterocycles. The van der Waals surface area contributed by atoms with Gasteiger partial charge in [0.05, 0.1) is 11.8 Å². The van der Waals surface area contributed by atoms with Crippen LogP contribution in [0.3, 0.4) is 0 Å². The normalized spacial score (nSPS) is 9.85. The van der Waals surface area contributed by atoms with E-state index >= 15 is 0 Å². The summed E-state index contributed by atoms with van der Waals surface area (Å²) in [5.74, 6) is -0.00127. The van der Waals surface area contributed by atoms with Gasteiger partial charge in [0.15, 0.2) is 6.61 Å². The van der Waals surface area contributed by atoms with Gasteiger partial charge in [-0.1, -0.05) is 6.07 Å². The lowest BCUT2D eigenvalue weighted by Gasteiger charge is -2.08. The number of carbonyl (C=O) groups excluding carboxylic acids is 2. The summed E-state index contributed by atoms with van der Waals surface area (Å²) < 4.78 is 10.1. The van der Waals surface area contributed by atoms with Crippen molar-refractivity contribution in [2.75, 3.05) is 19.0 Å². The molecule has 0 aliphatic rings. The molecular formula is C14H14N2O4. The molecule has 0 aliphatic heterocycles. The SMILES string of the molecule is CNC(=O)COc1cccc(NC(=O)c2ccoc2)c1. The second-order valence-corrected chi connectivity index (χ2v) is 3.96. The summed E-state index contributed by atoms with van der Waals surface area (Å²) in [7, 11) is 1.53. The van der Waals surface area contributed by atoms with E-state index in [1.54, 1.807) is 30.3 Å². The van der Waals surface area contributed by atoms with Gasteiger partial charge in [-0.25, -0.2) is 0 Å². The first-order valence-electron chi connectivity index (χ1n) is 5.96. The fraction of sp³-hybridized carbons (Fsp3) is 0.143. The highest BCUT2D eigenvalue weighted by Crippen LogP contribution is 2.18. The van der Waals surface area contributed by atoms with Gasteiger partial charge in [-0.15, -0.1) is 0 Å². The van der Waals surface area contributed by atoms with Gasteiger partial charge in [0.1, 0.15) is 12.0 Å². The molecule has 2 aromatic rings.